The average Bonchev–Trinajstić information content (AvgIpc) is 2.92. The van der Waals surface area contributed by atoms with Gasteiger partial charge in [0.1, 0.15) is 0 Å². The summed E-state index contributed by atoms with van der Waals surface area (Å²) in [5, 5.41) is 11.6. The van der Waals surface area contributed by atoms with Crippen LogP contribution in [0.1, 0.15) is 0 Å². The Balaban J connectivity index is 2.21. The molecular formula is C14H13N5O2. The van der Waals surface area contributed by atoms with Gasteiger partial charge in [0.25, 0.3) is 0 Å². The van der Waals surface area contributed by atoms with Crippen molar-refractivity contribution in [1.82, 2.24) is 19.5 Å². The molecule has 0 unspecified atom stereocenters. The number of aliphatic hydroxyl groups is 1. The van der Waals surface area contributed by atoms with Crippen molar-refractivity contribution < 1.29 is 9.90 Å². The first kappa shape index (κ1) is 13.2. The number of benzene rings is 1. The zero-order chi connectivity index (χ0) is 14.7. The van der Waals surface area contributed by atoms with Gasteiger partial charge in [0.05, 0.1) is 12.9 Å². The van der Waals surface area contributed by atoms with E-state index in [0.29, 0.717) is 35.8 Å². The van der Waals surface area contributed by atoms with Crippen molar-refractivity contribution in [3.05, 3.63) is 36.7 Å². The van der Waals surface area contributed by atoms with E-state index in [1.165, 1.54) is 0 Å². The second-order valence-corrected chi connectivity index (χ2v) is 4.36. The second-order valence-electron chi connectivity index (χ2n) is 4.36. The normalized spacial score (nSPS) is 10.7. The van der Waals surface area contributed by atoms with Crippen LogP contribution < -0.4 is 5.32 Å². The van der Waals surface area contributed by atoms with Crippen molar-refractivity contribution in [2.45, 2.75) is 6.54 Å². The van der Waals surface area contributed by atoms with Crippen LogP contribution in [0.25, 0.3) is 22.6 Å². The summed E-state index contributed by atoms with van der Waals surface area (Å²) < 4.78 is 1.72. The smallest absolute Gasteiger partial charge is 0.212 e. The Labute approximate surface area is 120 Å². The first-order valence-corrected chi connectivity index (χ1v) is 6.43. The summed E-state index contributed by atoms with van der Waals surface area (Å²) in [7, 11) is 0. The van der Waals surface area contributed by atoms with Crippen LogP contribution in [-0.2, 0) is 11.3 Å². The maximum absolute atomic E-state index is 10.8. The Kier molecular flexibility index (Phi) is 3.57. The predicted octanol–water partition coefficient (Wildman–Crippen LogP) is 1.05. The van der Waals surface area contributed by atoms with Gasteiger partial charge in [0.15, 0.2) is 22.8 Å². The van der Waals surface area contributed by atoms with Gasteiger partial charge in [-0.25, -0.2) is 15.0 Å². The molecule has 0 radical (unpaired) electrons. The molecule has 0 fully saturated rings. The maximum Gasteiger partial charge on any atom is 0.212 e. The fraction of sp³-hybridized carbons (Fsp3) is 0.143. The summed E-state index contributed by atoms with van der Waals surface area (Å²) in [6, 6.07) is 9.46. The highest BCUT2D eigenvalue weighted by Gasteiger charge is 2.13. The molecule has 0 saturated carbocycles. The molecule has 3 aromatic rings. The van der Waals surface area contributed by atoms with Gasteiger partial charge >= 0.3 is 0 Å². The summed E-state index contributed by atoms with van der Waals surface area (Å²) >= 11 is 0. The molecule has 7 nitrogen and oxygen atoms in total. The summed E-state index contributed by atoms with van der Waals surface area (Å²) in [6.07, 6.45) is 2.13. The van der Waals surface area contributed by atoms with Crippen molar-refractivity contribution in [3.63, 3.8) is 0 Å². The fourth-order valence-electron chi connectivity index (χ4n) is 2.09. The quantitative estimate of drug-likeness (QED) is 0.683. The van der Waals surface area contributed by atoms with Crippen LogP contribution in [0, 0.1) is 0 Å². The third kappa shape index (κ3) is 2.46. The molecule has 7 heteroatoms. The molecule has 0 spiro atoms. The lowest BCUT2D eigenvalue weighted by Crippen LogP contribution is -2.05. The highest BCUT2D eigenvalue weighted by molar-refractivity contribution is 5.90. The minimum Gasteiger partial charge on any atom is -0.395 e. The Hall–Kier alpha value is -2.80. The number of hydrogen-bond acceptors (Lipinski definition) is 5. The number of amides is 1. The maximum atomic E-state index is 10.8. The number of nitrogens with zero attached hydrogens (tertiary/aromatic N) is 4. The summed E-state index contributed by atoms with van der Waals surface area (Å²) in [5.41, 5.74) is 1.91. The minimum absolute atomic E-state index is 0.0213. The molecular weight excluding hydrogens is 270 g/mol. The molecule has 0 aliphatic rings. The van der Waals surface area contributed by atoms with Gasteiger partial charge in [-0.3, -0.25) is 4.79 Å². The van der Waals surface area contributed by atoms with Gasteiger partial charge in [0.2, 0.25) is 6.41 Å². The Morgan fingerprint density at radius 1 is 1.24 bits per heavy atom. The molecule has 2 aromatic heterocycles. The molecule has 1 aromatic carbocycles. The Bertz CT molecular complexity index is 770. The molecule has 0 aliphatic heterocycles. The number of carbonyl (C=O) groups is 1. The standard InChI is InChI=1S/C14H13N5O2/c20-7-6-19-8-15-11-13(16-9-21)17-12(18-14(11)19)10-4-2-1-3-5-10/h1-5,8-9,20H,6-7H2,(H,16,17,18,21). The highest BCUT2D eigenvalue weighted by atomic mass is 16.3. The molecule has 2 N–H and O–H groups in total. The van der Waals surface area contributed by atoms with Gasteiger partial charge in [-0.1, -0.05) is 30.3 Å². The van der Waals surface area contributed by atoms with Crippen LogP contribution in [0.2, 0.25) is 0 Å². The molecule has 0 aliphatic carbocycles. The van der Waals surface area contributed by atoms with E-state index in [-0.39, 0.29) is 6.61 Å². The van der Waals surface area contributed by atoms with Gasteiger partial charge in [-0.15, -0.1) is 0 Å². The number of imidazole rings is 1. The minimum atomic E-state index is -0.0213. The van der Waals surface area contributed by atoms with Gasteiger partial charge < -0.3 is 15.0 Å². The number of aromatic nitrogens is 4. The lowest BCUT2D eigenvalue weighted by Gasteiger charge is -2.06. The van der Waals surface area contributed by atoms with Crippen molar-refractivity contribution in [1.29, 1.82) is 0 Å². The average molecular weight is 283 g/mol. The SMILES string of the molecule is O=CNc1nc(-c2ccccc2)nc2c1ncn2CCO. The number of nitrogens with one attached hydrogen (secondary N) is 1. The van der Waals surface area contributed by atoms with Crippen LogP contribution in [-0.4, -0.2) is 37.6 Å². The number of hydrogen-bond donors (Lipinski definition) is 2. The fourth-order valence-corrected chi connectivity index (χ4v) is 2.09. The molecule has 2 heterocycles. The molecule has 0 atom stereocenters. The van der Waals surface area contributed by atoms with E-state index in [0.717, 1.165) is 5.56 Å². The largest absolute Gasteiger partial charge is 0.395 e. The van der Waals surface area contributed by atoms with Gasteiger partial charge in [0, 0.05) is 12.1 Å². The lowest BCUT2D eigenvalue weighted by atomic mass is 10.2. The van der Waals surface area contributed by atoms with E-state index >= 15 is 0 Å². The van der Waals surface area contributed by atoms with Crippen LogP contribution in [0.5, 0.6) is 0 Å². The third-order valence-electron chi connectivity index (χ3n) is 3.03. The Morgan fingerprint density at radius 2 is 2.05 bits per heavy atom. The van der Waals surface area contributed by atoms with E-state index in [9.17, 15) is 4.79 Å². The first-order chi connectivity index (χ1) is 10.3. The third-order valence-corrected chi connectivity index (χ3v) is 3.03. The number of anilines is 1. The monoisotopic (exact) mass is 283 g/mol. The first-order valence-electron chi connectivity index (χ1n) is 6.43. The van der Waals surface area contributed by atoms with Crippen molar-refractivity contribution >= 4 is 23.4 Å². The lowest BCUT2D eigenvalue weighted by molar-refractivity contribution is -0.105. The summed E-state index contributed by atoms with van der Waals surface area (Å²) in [5.74, 6) is 0.845. The predicted molar refractivity (Wildman–Crippen MR) is 77.5 cm³/mol. The molecule has 21 heavy (non-hydrogen) atoms. The van der Waals surface area contributed by atoms with Crippen LogP contribution in [0.15, 0.2) is 36.7 Å². The van der Waals surface area contributed by atoms with Crippen molar-refractivity contribution in [2.75, 3.05) is 11.9 Å². The zero-order valence-corrected chi connectivity index (χ0v) is 11.1. The molecule has 1 amide bonds. The Morgan fingerprint density at radius 3 is 2.76 bits per heavy atom. The summed E-state index contributed by atoms with van der Waals surface area (Å²) in [4.78, 5) is 23.8. The van der Waals surface area contributed by atoms with Gasteiger partial charge in [-0.05, 0) is 0 Å². The van der Waals surface area contributed by atoms with E-state index in [1.807, 2.05) is 30.3 Å². The van der Waals surface area contributed by atoms with E-state index < -0.39 is 0 Å². The molecule has 0 saturated heterocycles. The topological polar surface area (TPSA) is 92.9 Å². The number of aliphatic hydroxyl groups excluding tert-OH is 1. The second kappa shape index (κ2) is 5.68. The molecule has 106 valence electrons. The number of rotatable bonds is 5. The van der Waals surface area contributed by atoms with E-state index in [1.54, 1.807) is 10.9 Å². The molecule has 0 bridgehead atoms. The van der Waals surface area contributed by atoms with Crippen molar-refractivity contribution in [3.8, 4) is 11.4 Å². The summed E-state index contributed by atoms with van der Waals surface area (Å²) in [6.45, 7) is 0.356. The number of carbonyl (C=O) groups excluding carboxylic acids is 1. The van der Waals surface area contributed by atoms with Crippen molar-refractivity contribution in [2.24, 2.45) is 0 Å². The van der Waals surface area contributed by atoms with E-state index in [2.05, 4.69) is 20.3 Å². The van der Waals surface area contributed by atoms with E-state index in [4.69, 9.17) is 5.11 Å². The van der Waals surface area contributed by atoms with Crippen LogP contribution in [0.3, 0.4) is 0 Å². The van der Waals surface area contributed by atoms with Crippen LogP contribution in [0.4, 0.5) is 5.82 Å². The zero-order valence-electron chi connectivity index (χ0n) is 11.1. The van der Waals surface area contributed by atoms with Crippen LogP contribution >= 0.6 is 0 Å². The molecule has 3 rings (SSSR count). The highest BCUT2D eigenvalue weighted by Crippen LogP contribution is 2.23. The van der Waals surface area contributed by atoms with Gasteiger partial charge in [-0.2, -0.15) is 0 Å². The number of fused-ring (bicyclic) bond motifs is 1.